The summed E-state index contributed by atoms with van der Waals surface area (Å²) < 4.78 is 2.28. The van der Waals surface area contributed by atoms with E-state index in [-0.39, 0.29) is 0 Å². The van der Waals surface area contributed by atoms with Crippen LogP contribution in [0.2, 0.25) is 0 Å². The Balaban J connectivity index is 1.90. The van der Waals surface area contributed by atoms with E-state index in [4.69, 9.17) is 10.7 Å². The summed E-state index contributed by atoms with van der Waals surface area (Å²) in [5.41, 5.74) is 7.53. The number of hydrogen-bond donors (Lipinski definition) is 1. The van der Waals surface area contributed by atoms with Crippen molar-refractivity contribution in [1.29, 1.82) is 0 Å². The molecule has 1 aromatic heterocycles. The maximum absolute atomic E-state index is 6.32. The van der Waals surface area contributed by atoms with Crippen LogP contribution in [0.5, 0.6) is 0 Å². The van der Waals surface area contributed by atoms with Crippen LogP contribution in [0.1, 0.15) is 62.9 Å². The number of nitrogens with zero attached hydrogens (tertiary/aromatic N) is 2. The molecule has 1 unspecified atom stereocenters. The van der Waals surface area contributed by atoms with Crippen LogP contribution in [0.4, 0.5) is 5.82 Å². The lowest BCUT2D eigenvalue weighted by Crippen LogP contribution is -2.19. The molecule has 17 heavy (non-hydrogen) atoms. The molecule has 0 amide bonds. The molecule has 2 N–H and O–H groups in total. The van der Waals surface area contributed by atoms with Crippen molar-refractivity contribution in [2.75, 3.05) is 5.73 Å². The van der Waals surface area contributed by atoms with Crippen LogP contribution >= 0.6 is 0 Å². The second-order valence-corrected chi connectivity index (χ2v) is 5.89. The van der Waals surface area contributed by atoms with Gasteiger partial charge in [-0.25, -0.2) is 4.98 Å². The van der Waals surface area contributed by atoms with Crippen molar-refractivity contribution in [1.82, 2.24) is 9.55 Å². The lowest BCUT2D eigenvalue weighted by molar-refractivity contribution is 0.397. The van der Waals surface area contributed by atoms with Gasteiger partial charge in [0.2, 0.25) is 0 Å². The van der Waals surface area contributed by atoms with Crippen molar-refractivity contribution in [2.45, 2.75) is 64.3 Å². The number of hydrogen-bond acceptors (Lipinski definition) is 2. The molecule has 0 saturated heterocycles. The molecule has 2 aliphatic rings. The summed E-state index contributed by atoms with van der Waals surface area (Å²) in [6, 6.07) is 0. The van der Waals surface area contributed by atoms with Crippen molar-refractivity contribution in [2.24, 2.45) is 5.92 Å². The summed E-state index contributed by atoms with van der Waals surface area (Å²) in [6.07, 6.45) is 9.04. The standard InChI is InChI=1S/C14H23N3/c1-10-7-8-12-16-13(14(15)17(12)9-10)11-5-3-2-4-6-11/h10-11H,2-9,15H2,1H3. The van der Waals surface area contributed by atoms with Gasteiger partial charge in [0, 0.05) is 18.9 Å². The highest BCUT2D eigenvalue weighted by atomic mass is 15.2. The number of fused-ring (bicyclic) bond motifs is 1. The Kier molecular flexibility index (Phi) is 2.85. The van der Waals surface area contributed by atoms with Gasteiger partial charge in [-0.15, -0.1) is 0 Å². The Bertz CT molecular complexity index is 402. The highest BCUT2D eigenvalue weighted by Gasteiger charge is 2.26. The predicted molar refractivity (Wildman–Crippen MR) is 70.0 cm³/mol. The summed E-state index contributed by atoms with van der Waals surface area (Å²) >= 11 is 0. The monoisotopic (exact) mass is 233 g/mol. The molecule has 2 heterocycles. The van der Waals surface area contributed by atoms with Gasteiger partial charge in [-0.1, -0.05) is 26.2 Å². The first-order valence-electron chi connectivity index (χ1n) is 7.10. The second kappa shape index (κ2) is 4.35. The number of nitrogens with two attached hydrogens (primary N) is 1. The zero-order chi connectivity index (χ0) is 11.8. The van der Waals surface area contributed by atoms with Crippen LogP contribution in [0.3, 0.4) is 0 Å². The zero-order valence-corrected chi connectivity index (χ0v) is 10.8. The van der Waals surface area contributed by atoms with Gasteiger partial charge in [-0.3, -0.25) is 0 Å². The van der Waals surface area contributed by atoms with Crippen LogP contribution in [-0.4, -0.2) is 9.55 Å². The van der Waals surface area contributed by atoms with E-state index < -0.39 is 0 Å². The number of anilines is 1. The highest BCUT2D eigenvalue weighted by Crippen LogP contribution is 2.36. The fraction of sp³-hybridized carbons (Fsp3) is 0.786. The largest absolute Gasteiger partial charge is 0.384 e. The van der Waals surface area contributed by atoms with Gasteiger partial charge in [-0.05, 0) is 25.2 Å². The van der Waals surface area contributed by atoms with E-state index in [0.29, 0.717) is 5.92 Å². The van der Waals surface area contributed by atoms with Crippen molar-refractivity contribution in [3.63, 3.8) is 0 Å². The predicted octanol–water partition coefficient (Wildman–Crippen LogP) is 3.10. The van der Waals surface area contributed by atoms with Gasteiger partial charge in [0.05, 0.1) is 5.69 Å². The minimum atomic E-state index is 0.636. The Morgan fingerprint density at radius 1 is 1.18 bits per heavy atom. The topological polar surface area (TPSA) is 43.8 Å². The van der Waals surface area contributed by atoms with E-state index in [1.54, 1.807) is 0 Å². The molecule has 3 nitrogen and oxygen atoms in total. The first-order valence-corrected chi connectivity index (χ1v) is 7.10. The third-order valence-corrected chi connectivity index (χ3v) is 4.46. The molecule has 0 spiro atoms. The smallest absolute Gasteiger partial charge is 0.127 e. The molecule has 1 aliphatic heterocycles. The van der Waals surface area contributed by atoms with E-state index in [0.717, 1.165) is 24.7 Å². The number of nitrogen functional groups attached to an aromatic ring is 1. The SMILES string of the molecule is CC1CCc2nc(C3CCCCC3)c(N)n2C1. The van der Waals surface area contributed by atoms with Crippen LogP contribution < -0.4 is 5.73 Å². The number of imidazole rings is 1. The molecule has 1 saturated carbocycles. The Morgan fingerprint density at radius 3 is 2.71 bits per heavy atom. The van der Waals surface area contributed by atoms with Crippen LogP contribution in [-0.2, 0) is 13.0 Å². The average molecular weight is 233 g/mol. The molecule has 1 fully saturated rings. The van der Waals surface area contributed by atoms with Crippen molar-refractivity contribution in [3.8, 4) is 0 Å². The molecular weight excluding hydrogens is 210 g/mol. The first-order chi connectivity index (χ1) is 8.25. The Morgan fingerprint density at radius 2 is 1.94 bits per heavy atom. The van der Waals surface area contributed by atoms with E-state index in [2.05, 4.69) is 11.5 Å². The maximum Gasteiger partial charge on any atom is 0.127 e. The fourth-order valence-electron chi connectivity index (χ4n) is 3.38. The summed E-state index contributed by atoms with van der Waals surface area (Å²) in [6.45, 7) is 3.38. The maximum atomic E-state index is 6.32. The molecular formula is C14H23N3. The van der Waals surface area contributed by atoms with Gasteiger partial charge in [0.15, 0.2) is 0 Å². The lowest BCUT2D eigenvalue weighted by atomic mass is 9.87. The molecule has 0 radical (unpaired) electrons. The summed E-state index contributed by atoms with van der Waals surface area (Å²) in [4.78, 5) is 4.85. The third-order valence-electron chi connectivity index (χ3n) is 4.46. The fourth-order valence-corrected chi connectivity index (χ4v) is 3.38. The average Bonchev–Trinajstić information content (AvgIpc) is 2.68. The summed E-state index contributed by atoms with van der Waals surface area (Å²) in [7, 11) is 0. The lowest BCUT2D eigenvalue weighted by Gasteiger charge is -2.22. The molecule has 1 aliphatic carbocycles. The molecule has 1 aromatic rings. The van der Waals surface area contributed by atoms with E-state index in [9.17, 15) is 0 Å². The van der Waals surface area contributed by atoms with E-state index in [1.165, 1.54) is 50.0 Å². The quantitative estimate of drug-likeness (QED) is 0.810. The number of aromatic nitrogens is 2. The minimum absolute atomic E-state index is 0.636. The van der Waals surface area contributed by atoms with Gasteiger partial charge in [0.25, 0.3) is 0 Å². The van der Waals surface area contributed by atoms with E-state index >= 15 is 0 Å². The number of aryl methyl sites for hydroxylation is 1. The van der Waals surface area contributed by atoms with Gasteiger partial charge >= 0.3 is 0 Å². The van der Waals surface area contributed by atoms with Crippen LogP contribution in [0, 0.1) is 5.92 Å². The minimum Gasteiger partial charge on any atom is -0.384 e. The van der Waals surface area contributed by atoms with E-state index in [1.807, 2.05) is 0 Å². The highest BCUT2D eigenvalue weighted by molar-refractivity contribution is 5.41. The molecule has 1 atom stereocenters. The Hall–Kier alpha value is -0.990. The van der Waals surface area contributed by atoms with Crippen LogP contribution in [0.25, 0.3) is 0 Å². The molecule has 0 aromatic carbocycles. The van der Waals surface area contributed by atoms with Crippen molar-refractivity contribution >= 4 is 5.82 Å². The number of rotatable bonds is 1. The molecule has 94 valence electrons. The first kappa shape index (κ1) is 11.1. The van der Waals surface area contributed by atoms with Gasteiger partial charge in [0.1, 0.15) is 11.6 Å². The Labute approximate surface area is 103 Å². The van der Waals surface area contributed by atoms with Crippen molar-refractivity contribution < 1.29 is 0 Å². The van der Waals surface area contributed by atoms with Crippen LogP contribution in [0.15, 0.2) is 0 Å². The third kappa shape index (κ3) is 1.96. The molecule has 0 bridgehead atoms. The van der Waals surface area contributed by atoms with Gasteiger partial charge < -0.3 is 10.3 Å². The second-order valence-electron chi connectivity index (χ2n) is 5.89. The molecule has 3 heteroatoms. The summed E-state index contributed by atoms with van der Waals surface area (Å²) in [5.74, 6) is 3.59. The van der Waals surface area contributed by atoms with Crippen molar-refractivity contribution in [3.05, 3.63) is 11.5 Å². The normalized spacial score (nSPS) is 25.8. The van der Waals surface area contributed by atoms with Gasteiger partial charge in [-0.2, -0.15) is 0 Å². The summed E-state index contributed by atoms with van der Waals surface area (Å²) in [5, 5.41) is 0. The molecule has 3 rings (SSSR count). The zero-order valence-electron chi connectivity index (χ0n) is 10.8.